The maximum Gasteiger partial charge on any atom is 0.0909 e. The quantitative estimate of drug-likeness (QED) is 0.671. The number of nitrogens with one attached hydrogen (secondary N) is 1. The van der Waals surface area contributed by atoms with Crippen LogP contribution in [0.3, 0.4) is 0 Å². The van der Waals surface area contributed by atoms with Crippen molar-refractivity contribution in [2.24, 2.45) is 0 Å². The largest absolute Gasteiger partial charge is 0.367 e. The standard InChI is InChI=1S/C9H19NO/c1-5-8(2,3)11-9(4)6-10-7-9/h10H,5-7H2,1-4H3. The Morgan fingerprint density at radius 3 is 2.27 bits per heavy atom. The van der Waals surface area contributed by atoms with E-state index < -0.39 is 0 Å². The third kappa shape index (κ3) is 2.17. The van der Waals surface area contributed by atoms with Crippen LogP contribution in [-0.4, -0.2) is 24.3 Å². The molecule has 2 heteroatoms. The fraction of sp³-hybridized carbons (Fsp3) is 1.00. The Hall–Kier alpha value is -0.0800. The van der Waals surface area contributed by atoms with Crippen molar-refractivity contribution in [1.29, 1.82) is 0 Å². The average molecular weight is 157 g/mol. The lowest BCUT2D eigenvalue weighted by atomic mass is 9.97. The van der Waals surface area contributed by atoms with Crippen LogP contribution in [0.1, 0.15) is 34.1 Å². The van der Waals surface area contributed by atoms with Gasteiger partial charge >= 0.3 is 0 Å². The zero-order chi connectivity index (χ0) is 8.54. The lowest BCUT2D eigenvalue weighted by Gasteiger charge is -2.44. The predicted octanol–water partition coefficient (Wildman–Crippen LogP) is 1.55. The van der Waals surface area contributed by atoms with Crippen molar-refractivity contribution in [3.63, 3.8) is 0 Å². The van der Waals surface area contributed by atoms with Crippen LogP contribution >= 0.6 is 0 Å². The summed E-state index contributed by atoms with van der Waals surface area (Å²) in [5.41, 5.74) is 0.135. The van der Waals surface area contributed by atoms with Crippen molar-refractivity contribution in [1.82, 2.24) is 5.32 Å². The normalized spacial score (nSPS) is 22.9. The summed E-state index contributed by atoms with van der Waals surface area (Å²) in [4.78, 5) is 0. The first-order chi connectivity index (χ1) is 4.97. The van der Waals surface area contributed by atoms with Crippen LogP contribution in [-0.2, 0) is 4.74 Å². The maximum atomic E-state index is 5.95. The minimum Gasteiger partial charge on any atom is -0.367 e. The molecule has 1 aliphatic heterocycles. The predicted molar refractivity (Wildman–Crippen MR) is 46.7 cm³/mol. The Morgan fingerprint density at radius 2 is 2.00 bits per heavy atom. The minimum atomic E-state index is 0.0385. The second kappa shape index (κ2) is 2.76. The molecule has 0 saturated carbocycles. The average Bonchev–Trinajstić information content (AvgIpc) is 1.84. The highest BCUT2D eigenvalue weighted by Crippen LogP contribution is 2.25. The van der Waals surface area contributed by atoms with E-state index in [1.165, 1.54) is 0 Å². The van der Waals surface area contributed by atoms with Crippen LogP contribution in [0.4, 0.5) is 0 Å². The van der Waals surface area contributed by atoms with E-state index in [0.717, 1.165) is 19.5 Å². The van der Waals surface area contributed by atoms with Crippen LogP contribution in [0, 0.1) is 0 Å². The van der Waals surface area contributed by atoms with Gasteiger partial charge in [-0.25, -0.2) is 0 Å². The smallest absolute Gasteiger partial charge is 0.0909 e. The lowest BCUT2D eigenvalue weighted by Crippen LogP contribution is -2.61. The van der Waals surface area contributed by atoms with Gasteiger partial charge in [0.15, 0.2) is 0 Å². The zero-order valence-corrected chi connectivity index (χ0v) is 8.03. The van der Waals surface area contributed by atoms with E-state index in [9.17, 15) is 0 Å². The monoisotopic (exact) mass is 157 g/mol. The van der Waals surface area contributed by atoms with Crippen molar-refractivity contribution in [2.45, 2.75) is 45.3 Å². The van der Waals surface area contributed by atoms with E-state index >= 15 is 0 Å². The number of ether oxygens (including phenoxy) is 1. The molecule has 0 radical (unpaired) electrons. The Kier molecular flexibility index (Phi) is 2.26. The minimum absolute atomic E-state index is 0.0385. The summed E-state index contributed by atoms with van der Waals surface area (Å²) in [5, 5.41) is 3.22. The first kappa shape index (κ1) is 9.01. The highest BCUT2D eigenvalue weighted by Gasteiger charge is 2.37. The van der Waals surface area contributed by atoms with Crippen LogP contribution in [0.25, 0.3) is 0 Å². The molecule has 1 N–H and O–H groups in total. The molecule has 0 aromatic heterocycles. The molecule has 0 amide bonds. The zero-order valence-electron chi connectivity index (χ0n) is 8.03. The first-order valence-electron chi connectivity index (χ1n) is 4.38. The summed E-state index contributed by atoms with van der Waals surface area (Å²) in [7, 11) is 0. The Labute approximate surface area is 69.3 Å². The SMILES string of the molecule is CCC(C)(C)OC1(C)CNC1. The Morgan fingerprint density at radius 1 is 1.45 bits per heavy atom. The van der Waals surface area contributed by atoms with E-state index in [1.807, 2.05) is 0 Å². The van der Waals surface area contributed by atoms with Crippen LogP contribution < -0.4 is 5.32 Å². The molecule has 1 aliphatic rings. The molecule has 0 spiro atoms. The van der Waals surface area contributed by atoms with Gasteiger partial charge in [0.2, 0.25) is 0 Å². The van der Waals surface area contributed by atoms with Gasteiger partial charge in [-0.15, -0.1) is 0 Å². The van der Waals surface area contributed by atoms with Crippen molar-refractivity contribution >= 4 is 0 Å². The molecule has 0 aromatic rings. The topological polar surface area (TPSA) is 21.3 Å². The summed E-state index contributed by atoms with van der Waals surface area (Å²) in [5.74, 6) is 0. The van der Waals surface area contributed by atoms with E-state index in [4.69, 9.17) is 4.74 Å². The van der Waals surface area contributed by atoms with Crippen LogP contribution in [0.5, 0.6) is 0 Å². The molecule has 1 fully saturated rings. The van der Waals surface area contributed by atoms with E-state index in [2.05, 4.69) is 33.0 Å². The van der Waals surface area contributed by atoms with E-state index in [1.54, 1.807) is 0 Å². The molecule has 1 saturated heterocycles. The molecular formula is C9H19NO. The highest BCUT2D eigenvalue weighted by atomic mass is 16.5. The maximum absolute atomic E-state index is 5.95. The summed E-state index contributed by atoms with van der Waals surface area (Å²) in [6.45, 7) is 10.6. The van der Waals surface area contributed by atoms with Gasteiger partial charge in [0.05, 0.1) is 11.2 Å². The van der Waals surface area contributed by atoms with Crippen molar-refractivity contribution in [3.8, 4) is 0 Å². The molecule has 2 nitrogen and oxygen atoms in total. The van der Waals surface area contributed by atoms with Gasteiger partial charge in [-0.05, 0) is 27.2 Å². The summed E-state index contributed by atoms with van der Waals surface area (Å²) < 4.78 is 5.95. The Balaban J connectivity index is 2.40. The van der Waals surface area contributed by atoms with Gasteiger partial charge in [0.25, 0.3) is 0 Å². The van der Waals surface area contributed by atoms with Crippen molar-refractivity contribution < 1.29 is 4.74 Å². The van der Waals surface area contributed by atoms with Gasteiger partial charge in [-0.1, -0.05) is 6.92 Å². The van der Waals surface area contributed by atoms with Gasteiger partial charge in [-0.2, -0.15) is 0 Å². The number of rotatable bonds is 3. The highest BCUT2D eigenvalue weighted by molar-refractivity contribution is 4.92. The van der Waals surface area contributed by atoms with E-state index in [0.29, 0.717) is 0 Å². The molecule has 0 atom stereocenters. The fourth-order valence-corrected chi connectivity index (χ4v) is 1.29. The first-order valence-corrected chi connectivity index (χ1v) is 4.38. The summed E-state index contributed by atoms with van der Waals surface area (Å²) >= 11 is 0. The molecular weight excluding hydrogens is 138 g/mol. The molecule has 0 unspecified atom stereocenters. The van der Waals surface area contributed by atoms with Crippen molar-refractivity contribution in [3.05, 3.63) is 0 Å². The molecule has 0 bridgehead atoms. The lowest BCUT2D eigenvalue weighted by molar-refractivity contribution is -0.154. The van der Waals surface area contributed by atoms with Crippen molar-refractivity contribution in [2.75, 3.05) is 13.1 Å². The molecule has 66 valence electrons. The van der Waals surface area contributed by atoms with Gasteiger partial charge in [0, 0.05) is 13.1 Å². The molecule has 1 heterocycles. The summed E-state index contributed by atoms with van der Waals surface area (Å²) in [6, 6.07) is 0. The van der Waals surface area contributed by atoms with Crippen LogP contribution in [0.15, 0.2) is 0 Å². The number of hydrogen-bond acceptors (Lipinski definition) is 2. The van der Waals surface area contributed by atoms with Gasteiger partial charge in [-0.3, -0.25) is 0 Å². The van der Waals surface area contributed by atoms with E-state index in [-0.39, 0.29) is 11.2 Å². The number of hydrogen-bond donors (Lipinski definition) is 1. The van der Waals surface area contributed by atoms with Crippen LogP contribution in [0.2, 0.25) is 0 Å². The second-order valence-corrected chi connectivity index (χ2v) is 4.27. The third-order valence-electron chi connectivity index (χ3n) is 2.37. The van der Waals surface area contributed by atoms with Gasteiger partial charge in [0.1, 0.15) is 0 Å². The van der Waals surface area contributed by atoms with Gasteiger partial charge < -0.3 is 10.1 Å². The summed E-state index contributed by atoms with van der Waals surface area (Å²) in [6.07, 6.45) is 1.07. The molecule has 0 aromatic carbocycles. The molecule has 0 aliphatic carbocycles. The molecule has 1 rings (SSSR count). The third-order valence-corrected chi connectivity index (χ3v) is 2.37. The Bertz CT molecular complexity index is 129. The fourth-order valence-electron chi connectivity index (χ4n) is 1.29. The second-order valence-electron chi connectivity index (χ2n) is 4.27. The molecule has 11 heavy (non-hydrogen) atoms.